The number of carbonyl (C=O) groups is 1. The number of nitrogens with zero attached hydrogens (tertiary/aromatic N) is 2. The summed E-state index contributed by atoms with van der Waals surface area (Å²) in [5.41, 5.74) is 5.49. The Morgan fingerprint density at radius 3 is 2.45 bits per heavy atom. The molecule has 1 heterocycles. The molecular formula is C24H21Cl2N3O2. The fourth-order valence-corrected chi connectivity index (χ4v) is 4.08. The third-order valence-corrected chi connectivity index (χ3v) is 5.92. The Labute approximate surface area is 190 Å². The first-order valence-corrected chi connectivity index (χ1v) is 10.6. The molecule has 4 rings (SSSR count). The van der Waals surface area contributed by atoms with E-state index in [0.29, 0.717) is 38.0 Å². The molecule has 158 valence electrons. The fraction of sp³-hybridized carbons (Fsp3) is 0.167. The molecule has 0 saturated carbocycles. The maximum Gasteiger partial charge on any atom is 0.255 e. The lowest BCUT2D eigenvalue weighted by molar-refractivity contribution is 0.102. The molecule has 7 heteroatoms. The van der Waals surface area contributed by atoms with Gasteiger partial charge in [-0.05, 0) is 67.4 Å². The van der Waals surface area contributed by atoms with Crippen molar-refractivity contribution in [1.82, 2.24) is 9.55 Å². The van der Waals surface area contributed by atoms with Crippen LogP contribution in [0.3, 0.4) is 0 Å². The van der Waals surface area contributed by atoms with Crippen molar-refractivity contribution in [2.75, 3.05) is 11.9 Å². The second-order valence-corrected chi connectivity index (χ2v) is 8.18. The molecule has 4 aromatic rings. The number of nitrogens with one attached hydrogen (secondary N) is 1. The van der Waals surface area contributed by atoms with Crippen LogP contribution >= 0.6 is 23.2 Å². The summed E-state index contributed by atoms with van der Waals surface area (Å²) in [6, 6.07) is 16.3. The van der Waals surface area contributed by atoms with Crippen LogP contribution in [0.5, 0.6) is 0 Å². The van der Waals surface area contributed by atoms with Gasteiger partial charge < -0.3 is 15.0 Å². The molecular weight excluding hydrogens is 433 g/mol. The third kappa shape index (κ3) is 4.17. The molecule has 0 aliphatic heterocycles. The zero-order chi connectivity index (χ0) is 22.1. The second-order valence-electron chi connectivity index (χ2n) is 7.36. The molecule has 0 spiro atoms. The average Bonchev–Trinajstić information content (AvgIpc) is 3.08. The molecule has 0 atom stereocenters. The van der Waals surface area contributed by atoms with Crippen LogP contribution in [0.15, 0.2) is 54.6 Å². The lowest BCUT2D eigenvalue weighted by Gasteiger charge is -2.11. The summed E-state index contributed by atoms with van der Waals surface area (Å²) in [6.45, 7) is 4.22. The van der Waals surface area contributed by atoms with E-state index in [1.165, 1.54) is 0 Å². The number of aromatic nitrogens is 2. The van der Waals surface area contributed by atoms with Gasteiger partial charge in [-0.25, -0.2) is 4.98 Å². The molecule has 1 amide bonds. The molecule has 0 aliphatic rings. The molecule has 31 heavy (non-hydrogen) atoms. The van der Waals surface area contributed by atoms with Gasteiger partial charge in [-0.2, -0.15) is 0 Å². The first kappa shape index (κ1) is 21.4. The van der Waals surface area contributed by atoms with E-state index in [2.05, 4.69) is 10.3 Å². The van der Waals surface area contributed by atoms with Crippen LogP contribution in [0.4, 0.5) is 5.69 Å². The molecule has 0 saturated heterocycles. The number of imidazole rings is 1. The van der Waals surface area contributed by atoms with E-state index in [0.717, 1.165) is 16.8 Å². The highest BCUT2D eigenvalue weighted by Crippen LogP contribution is 2.36. The van der Waals surface area contributed by atoms with Gasteiger partial charge in [0, 0.05) is 17.8 Å². The average molecular weight is 454 g/mol. The van der Waals surface area contributed by atoms with Gasteiger partial charge in [0.2, 0.25) is 0 Å². The van der Waals surface area contributed by atoms with Crippen LogP contribution in [-0.2, 0) is 6.54 Å². The number of anilines is 1. The minimum atomic E-state index is -0.223. The van der Waals surface area contributed by atoms with Crippen molar-refractivity contribution in [1.29, 1.82) is 0 Å². The molecule has 2 N–H and O–H groups in total. The number of benzene rings is 3. The summed E-state index contributed by atoms with van der Waals surface area (Å²) in [7, 11) is 0. The summed E-state index contributed by atoms with van der Waals surface area (Å²) in [6.07, 6.45) is 0. The van der Waals surface area contributed by atoms with E-state index >= 15 is 0 Å². The van der Waals surface area contributed by atoms with Gasteiger partial charge in [-0.3, -0.25) is 4.79 Å². The largest absolute Gasteiger partial charge is 0.395 e. The number of fused-ring (bicyclic) bond motifs is 1. The topological polar surface area (TPSA) is 67.2 Å². The summed E-state index contributed by atoms with van der Waals surface area (Å²) in [4.78, 5) is 17.6. The van der Waals surface area contributed by atoms with Crippen molar-refractivity contribution in [3.05, 3.63) is 81.3 Å². The predicted octanol–water partition coefficient (Wildman–Crippen LogP) is 5.87. The monoisotopic (exact) mass is 453 g/mol. The molecule has 0 aliphatic carbocycles. The number of aliphatic hydroxyl groups is 1. The lowest BCUT2D eigenvalue weighted by atomic mass is 10.1. The normalized spacial score (nSPS) is 11.1. The van der Waals surface area contributed by atoms with Crippen LogP contribution in [0.2, 0.25) is 10.0 Å². The molecule has 1 aromatic heterocycles. The fourth-order valence-electron chi connectivity index (χ4n) is 3.52. The second kappa shape index (κ2) is 8.71. The Morgan fingerprint density at radius 1 is 1.03 bits per heavy atom. The number of aliphatic hydroxyl groups excluding tert-OH is 1. The Morgan fingerprint density at radius 2 is 1.77 bits per heavy atom. The van der Waals surface area contributed by atoms with Gasteiger partial charge in [0.15, 0.2) is 0 Å². The Bertz CT molecular complexity index is 1280. The molecule has 0 bridgehead atoms. The molecule has 3 aromatic carbocycles. The van der Waals surface area contributed by atoms with Crippen molar-refractivity contribution in [3.8, 4) is 11.4 Å². The molecule has 0 radical (unpaired) electrons. The highest BCUT2D eigenvalue weighted by molar-refractivity contribution is 6.39. The smallest absolute Gasteiger partial charge is 0.255 e. The van der Waals surface area contributed by atoms with Gasteiger partial charge in [0.05, 0.1) is 33.2 Å². The SMILES string of the molecule is Cc1ccc(NC(=O)c2ccc3nc(-c4c(Cl)cccc4Cl)n(CCO)c3c2)cc1C. The van der Waals surface area contributed by atoms with E-state index in [-0.39, 0.29) is 19.1 Å². The summed E-state index contributed by atoms with van der Waals surface area (Å²) in [5.74, 6) is 0.325. The standard InChI is InChI=1S/C24H21Cl2N3O2/c1-14-6-8-17(12-15(14)2)27-24(31)16-7-9-20-21(13-16)29(10-11-30)23(28-20)22-18(25)4-3-5-19(22)26/h3-9,12-13,30H,10-11H2,1-2H3,(H,27,31). The zero-order valence-electron chi connectivity index (χ0n) is 17.1. The molecule has 0 fully saturated rings. The lowest BCUT2D eigenvalue weighted by Crippen LogP contribution is -2.12. The van der Waals surface area contributed by atoms with Crippen molar-refractivity contribution in [2.45, 2.75) is 20.4 Å². The van der Waals surface area contributed by atoms with Gasteiger partial charge in [-0.15, -0.1) is 0 Å². The Hall–Kier alpha value is -2.86. The first-order valence-electron chi connectivity index (χ1n) is 9.83. The molecule has 0 unspecified atom stereocenters. The van der Waals surface area contributed by atoms with Crippen LogP contribution in [0, 0.1) is 13.8 Å². The maximum absolute atomic E-state index is 12.9. The van der Waals surface area contributed by atoms with Crippen molar-refractivity contribution in [3.63, 3.8) is 0 Å². The molecule has 5 nitrogen and oxygen atoms in total. The van der Waals surface area contributed by atoms with E-state index in [4.69, 9.17) is 23.2 Å². The van der Waals surface area contributed by atoms with E-state index in [9.17, 15) is 9.90 Å². The van der Waals surface area contributed by atoms with Crippen molar-refractivity contribution in [2.24, 2.45) is 0 Å². The van der Waals surface area contributed by atoms with E-state index < -0.39 is 0 Å². The Kier molecular flexibility index (Phi) is 6.01. The number of carbonyl (C=O) groups excluding carboxylic acids is 1. The van der Waals surface area contributed by atoms with Crippen molar-refractivity contribution < 1.29 is 9.90 Å². The number of halogens is 2. The van der Waals surface area contributed by atoms with Gasteiger partial charge in [-0.1, -0.05) is 35.3 Å². The number of amides is 1. The van der Waals surface area contributed by atoms with Gasteiger partial charge in [0.25, 0.3) is 5.91 Å². The number of hydrogen-bond acceptors (Lipinski definition) is 3. The minimum absolute atomic E-state index is 0.0976. The van der Waals surface area contributed by atoms with Gasteiger partial charge in [0.1, 0.15) is 5.82 Å². The predicted molar refractivity (Wildman–Crippen MR) is 126 cm³/mol. The van der Waals surface area contributed by atoms with Gasteiger partial charge >= 0.3 is 0 Å². The van der Waals surface area contributed by atoms with Crippen LogP contribution < -0.4 is 5.32 Å². The number of hydrogen-bond donors (Lipinski definition) is 2. The highest BCUT2D eigenvalue weighted by atomic mass is 35.5. The first-order chi connectivity index (χ1) is 14.9. The van der Waals surface area contributed by atoms with Crippen LogP contribution in [-0.4, -0.2) is 27.2 Å². The number of aryl methyl sites for hydroxylation is 2. The quantitative estimate of drug-likeness (QED) is 0.396. The highest BCUT2D eigenvalue weighted by Gasteiger charge is 2.19. The van der Waals surface area contributed by atoms with Crippen LogP contribution in [0.25, 0.3) is 22.4 Å². The Balaban J connectivity index is 1.77. The number of rotatable bonds is 5. The summed E-state index contributed by atoms with van der Waals surface area (Å²) in [5, 5.41) is 13.5. The zero-order valence-corrected chi connectivity index (χ0v) is 18.6. The van der Waals surface area contributed by atoms with E-state index in [1.54, 1.807) is 36.4 Å². The summed E-state index contributed by atoms with van der Waals surface area (Å²) >= 11 is 12.8. The third-order valence-electron chi connectivity index (χ3n) is 5.29. The summed E-state index contributed by atoms with van der Waals surface area (Å²) < 4.78 is 1.83. The van der Waals surface area contributed by atoms with E-state index in [1.807, 2.05) is 36.6 Å². The minimum Gasteiger partial charge on any atom is -0.395 e. The van der Waals surface area contributed by atoms with Crippen LogP contribution in [0.1, 0.15) is 21.5 Å². The van der Waals surface area contributed by atoms with Crippen molar-refractivity contribution >= 4 is 45.8 Å². The maximum atomic E-state index is 12.9.